The summed E-state index contributed by atoms with van der Waals surface area (Å²) >= 11 is 0. The number of benzene rings is 3. The average Bonchev–Trinajstić information content (AvgIpc) is 2.74. The maximum absolute atomic E-state index is 13.9. The maximum Gasteiger partial charge on any atom is 0.307 e. The molecule has 0 aliphatic carbocycles. The van der Waals surface area contributed by atoms with E-state index >= 15 is 0 Å². The zero-order chi connectivity index (χ0) is 21.3. The van der Waals surface area contributed by atoms with Gasteiger partial charge in [0, 0.05) is 29.3 Å². The van der Waals surface area contributed by atoms with Crippen molar-refractivity contribution in [1.82, 2.24) is 9.97 Å². The molecule has 30 heavy (non-hydrogen) atoms. The highest BCUT2D eigenvalue weighted by Gasteiger charge is 2.20. The number of ether oxygens (including phenoxy) is 1. The zero-order valence-electron chi connectivity index (χ0n) is 15.6. The van der Waals surface area contributed by atoms with Gasteiger partial charge in [-0.3, -0.25) is 10.1 Å². The quantitative estimate of drug-likeness (QED) is 0.359. The molecule has 0 atom stereocenters. The first-order valence-electron chi connectivity index (χ1n) is 8.77. The first-order valence-corrected chi connectivity index (χ1v) is 8.77. The fourth-order valence-corrected chi connectivity index (χ4v) is 3.08. The van der Waals surface area contributed by atoms with E-state index in [1.54, 1.807) is 24.4 Å². The first-order chi connectivity index (χ1) is 14.5. The number of nitro groups is 1. The Morgan fingerprint density at radius 3 is 2.63 bits per heavy atom. The van der Waals surface area contributed by atoms with Crippen molar-refractivity contribution in [1.29, 1.82) is 0 Å². The predicted molar refractivity (Wildman–Crippen MR) is 108 cm³/mol. The number of rotatable bonds is 5. The number of fused-ring (bicyclic) bond motifs is 1. The molecule has 150 valence electrons. The standard InChI is InChI=1S/C21H14F2N4O3/c1-30-19-9-16(23)18(27(28)29)10-17(19)25-21-24-11-13-5-3-7-15(20(13)26-21)12-4-2-6-14(22)8-12/h2-11H,1H3,(H,24,25,26). The van der Waals surface area contributed by atoms with Crippen LogP contribution in [-0.4, -0.2) is 22.0 Å². The lowest BCUT2D eigenvalue weighted by Gasteiger charge is -2.12. The third kappa shape index (κ3) is 3.60. The lowest BCUT2D eigenvalue weighted by atomic mass is 10.0. The van der Waals surface area contributed by atoms with Crippen molar-refractivity contribution in [2.24, 2.45) is 0 Å². The van der Waals surface area contributed by atoms with Crippen molar-refractivity contribution < 1.29 is 18.4 Å². The molecule has 9 heteroatoms. The van der Waals surface area contributed by atoms with Gasteiger partial charge in [0.1, 0.15) is 11.6 Å². The largest absolute Gasteiger partial charge is 0.494 e. The smallest absolute Gasteiger partial charge is 0.307 e. The second-order valence-electron chi connectivity index (χ2n) is 6.33. The van der Waals surface area contributed by atoms with Gasteiger partial charge < -0.3 is 10.1 Å². The lowest BCUT2D eigenvalue weighted by molar-refractivity contribution is -0.387. The molecule has 0 bridgehead atoms. The Morgan fingerprint density at radius 1 is 1.10 bits per heavy atom. The summed E-state index contributed by atoms with van der Waals surface area (Å²) in [5, 5.41) is 14.6. The van der Waals surface area contributed by atoms with E-state index in [4.69, 9.17) is 4.74 Å². The van der Waals surface area contributed by atoms with E-state index in [9.17, 15) is 18.9 Å². The molecular weight excluding hydrogens is 394 g/mol. The average molecular weight is 408 g/mol. The van der Waals surface area contributed by atoms with Crippen molar-refractivity contribution in [2.45, 2.75) is 0 Å². The van der Waals surface area contributed by atoms with E-state index in [1.807, 2.05) is 12.1 Å². The molecule has 3 aromatic carbocycles. The number of hydrogen-bond donors (Lipinski definition) is 1. The van der Waals surface area contributed by atoms with Crippen LogP contribution >= 0.6 is 0 Å². The van der Waals surface area contributed by atoms with Gasteiger partial charge in [-0.15, -0.1) is 0 Å². The summed E-state index contributed by atoms with van der Waals surface area (Å²) < 4.78 is 32.7. The van der Waals surface area contributed by atoms with Crippen LogP contribution < -0.4 is 10.1 Å². The Hall–Kier alpha value is -4.14. The fraction of sp³-hybridized carbons (Fsp3) is 0.0476. The van der Waals surface area contributed by atoms with E-state index in [2.05, 4.69) is 15.3 Å². The molecular formula is C21H14F2N4O3. The number of methoxy groups -OCH3 is 1. The van der Waals surface area contributed by atoms with Crippen LogP contribution in [0.4, 0.5) is 26.1 Å². The molecule has 0 aliphatic heterocycles. The predicted octanol–water partition coefficient (Wildman–Crippen LogP) is 5.24. The molecule has 4 aromatic rings. The summed E-state index contributed by atoms with van der Waals surface area (Å²) in [6.45, 7) is 0. The fourth-order valence-electron chi connectivity index (χ4n) is 3.08. The highest BCUT2D eigenvalue weighted by molar-refractivity contribution is 5.94. The van der Waals surface area contributed by atoms with Gasteiger partial charge in [-0.05, 0) is 17.7 Å². The monoisotopic (exact) mass is 408 g/mol. The van der Waals surface area contributed by atoms with Gasteiger partial charge >= 0.3 is 5.69 Å². The summed E-state index contributed by atoms with van der Waals surface area (Å²) in [6.07, 6.45) is 1.57. The topological polar surface area (TPSA) is 90.2 Å². The van der Waals surface area contributed by atoms with Crippen molar-refractivity contribution in [2.75, 3.05) is 12.4 Å². The van der Waals surface area contributed by atoms with Crippen LogP contribution in [0.25, 0.3) is 22.0 Å². The third-order valence-corrected chi connectivity index (χ3v) is 4.46. The summed E-state index contributed by atoms with van der Waals surface area (Å²) in [6, 6.07) is 13.5. The van der Waals surface area contributed by atoms with Crippen LogP contribution in [0.1, 0.15) is 0 Å². The molecule has 0 unspecified atom stereocenters. The number of nitrogens with one attached hydrogen (secondary N) is 1. The molecule has 0 saturated carbocycles. The van der Waals surface area contributed by atoms with Crippen LogP contribution in [0.3, 0.4) is 0 Å². The Morgan fingerprint density at radius 2 is 1.90 bits per heavy atom. The van der Waals surface area contributed by atoms with Crippen molar-refractivity contribution in [3.63, 3.8) is 0 Å². The van der Waals surface area contributed by atoms with Gasteiger partial charge in [0.25, 0.3) is 0 Å². The van der Waals surface area contributed by atoms with Crippen LogP contribution in [0.15, 0.2) is 60.8 Å². The highest BCUT2D eigenvalue weighted by atomic mass is 19.1. The Labute approximate surface area is 169 Å². The van der Waals surface area contributed by atoms with Gasteiger partial charge in [-0.1, -0.05) is 30.3 Å². The van der Waals surface area contributed by atoms with E-state index in [0.29, 0.717) is 16.6 Å². The highest BCUT2D eigenvalue weighted by Crippen LogP contribution is 2.34. The Balaban J connectivity index is 1.81. The summed E-state index contributed by atoms with van der Waals surface area (Å²) in [4.78, 5) is 18.9. The second-order valence-corrected chi connectivity index (χ2v) is 6.33. The first kappa shape index (κ1) is 19.2. The minimum Gasteiger partial charge on any atom is -0.494 e. The molecule has 0 amide bonds. The molecule has 0 saturated heterocycles. The number of halogens is 2. The minimum absolute atomic E-state index is 0.0558. The molecule has 7 nitrogen and oxygen atoms in total. The molecule has 0 radical (unpaired) electrons. The number of aromatic nitrogens is 2. The van der Waals surface area contributed by atoms with E-state index < -0.39 is 16.4 Å². The molecule has 0 spiro atoms. The van der Waals surface area contributed by atoms with Gasteiger partial charge in [0.2, 0.25) is 11.8 Å². The van der Waals surface area contributed by atoms with E-state index in [-0.39, 0.29) is 23.2 Å². The summed E-state index contributed by atoms with van der Waals surface area (Å²) in [5.74, 6) is -1.22. The van der Waals surface area contributed by atoms with Crippen molar-refractivity contribution >= 4 is 28.2 Å². The molecule has 1 aromatic heterocycles. The number of hydrogen-bond acceptors (Lipinski definition) is 6. The Bertz CT molecular complexity index is 1280. The van der Waals surface area contributed by atoms with E-state index in [1.165, 1.54) is 19.2 Å². The molecule has 1 N–H and O–H groups in total. The number of anilines is 2. The van der Waals surface area contributed by atoms with Gasteiger partial charge in [-0.25, -0.2) is 14.4 Å². The minimum atomic E-state index is -1.02. The lowest BCUT2D eigenvalue weighted by Crippen LogP contribution is -2.02. The van der Waals surface area contributed by atoms with Gasteiger partial charge in [0.05, 0.1) is 23.2 Å². The molecule has 4 rings (SSSR count). The third-order valence-electron chi connectivity index (χ3n) is 4.46. The SMILES string of the molecule is COc1cc(F)c([N+](=O)[O-])cc1Nc1ncc2cccc(-c3cccc(F)c3)c2n1. The Kier molecular flexibility index (Phi) is 4.93. The van der Waals surface area contributed by atoms with E-state index in [0.717, 1.165) is 17.5 Å². The summed E-state index contributed by atoms with van der Waals surface area (Å²) in [7, 11) is 1.31. The van der Waals surface area contributed by atoms with Crippen LogP contribution in [0, 0.1) is 21.7 Å². The van der Waals surface area contributed by atoms with Crippen LogP contribution in [0.2, 0.25) is 0 Å². The summed E-state index contributed by atoms with van der Waals surface area (Å²) in [5.41, 5.74) is 1.30. The van der Waals surface area contributed by atoms with Crippen LogP contribution in [0.5, 0.6) is 5.75 Å². The second kappa shape index (κ2) is 7.70. The molecule has 0 fully saturated rings. The number of para-hydroxylation sites is 1. The normalized spacial score (nSPS) is 10.8. The number of nitrogens with zero attached hydrogens (tertiary/aromatic N) is 3. The maximum atomic E-state index is 13.9. The number of nitro benzene ring substituents is 1. The van der Waals surface area contributed by atoms with Crippen LogP contribution in [-0.2, 0) is 0 Å². The van der Waals surface area contributed by atoms with Crippen molar-refractivity contribution in [3.05, 3.63) is 82.5 Å². The van der Waals surface area contributed by atoms with Gasteiger partial charge in [-0.2, -0.15) is 4.39 Å². The molecule has 1 heterocycles. The van der Waals surface area contributed by atoms with Gasteiger partial charge in [0.15, 0.2) is 0 Å². The zero-order valence-corrected chi connectivity index (χ0v) is 15.6. The van der Waals surface area contributed by atoms with Crippen molar-refractivity contribution in [3.8, 4) is 16.9 Å². The molecule has 0 aliphatic rings.